The van der Waals surface area contributed by atoms with Crippen molar-refractivity contribution in [3.63, 3.8) is 0 Å². The van der Waals surface area contributed by atoms with Crippen molar-refractivity contribution in [1.82, 2.24) is 9.55 Å². The van der Waals surface area contributed by atoms with Crippen molar-refractivity contribution in [3.8, 4) is 0 Å². The van der Waals surface area contributed by atoms with Crippen LogP contribution in [0.5, 0.6) is 0 Å². The van der Waals surface area contributed by atoms with E-state index >= 15 is 0 Å². The number of ether oxygens (including phenoxy) is 1. The first-order valence-corrected chi connectivity index (χ1v) is 6.02. The van der Waals surface area contributed by atoms with Crippen LogP contribution in [0.25, 0.3) is 0 Å². The molecule has 1 fully saturated rings. The van der Waals surface area contributed by atoms with Crippen LogP contribution in [-0.2, 0) is 11.3 Å². The Hall–Kier alpha value is -1.36. The fourth-order valence-electron chi connectivity index (χ4n) is 2.45. The molecular weight excluding hydrogens is 220 g/mol. The van der Waals surface area contributed by atoms with Crippen molar-refractivity contribution in [1.29, 1.82) is 0 Å². The number of methoxy groups -OCH3 is 1. The third-order valence-electron chi connectivity index (χ3n) is 3.27. The van der Waals surface area contributed by atoms with Crippen LogP contribution < -0.4 is 0 Å². The smallest absolute Gasteiger partial charge is 0.356 e. The third-order valence-corrected chi connectivity index (χ3v) is 3.27. The molecule has 1 heterocycles. The van der Waals surface area contributed by atoms with Crippen molar-refractivity contribution >= 4 is 5.97 Å². The number of carboxylic acids is 1. The lowest BCUT2D eigenvalue weighted by atomic mass is 9.95. The molecule has 1 aliphatic rings. The third kappa shape index (κ3) is 2.66. The molecule has 5 nitrogen and oxygen atoms in total. The minimum atomic E-state index is -0.975. The zero-order chi connectivity index (χ0) is 12.3. The molecule has 17 heavy (non-hydrogen) atoms. The zero-order valence-corrected chi connectivity index (χ0v) is 10.1. The van der Waals surface area contributed by atoms with Gasteiger partial charge in [0.1, 0.15) is 12.4 Å². The fraction of sp³-hybridized carbons (Fsp3) is 0.667. The minimum Gasteiger partial charge on any atom is -0.476 e. The first kappa shape index (κ1) is 12.1. The Labute approximate surface area is 100 Å². The summed E-state index contributed by atoms with van der Waals surface area (Å²) in [4.78, 5) is 15.0. The molecule has 0 atom stereocenters. The second-order valence-corrected chi connectivity index (χ2v) is 4.48. The van der Waals surface area contributed by atoms with Crippen molar-refractivity contribution in [2.45, 2.75) is 44.8 Å². The number of carbonyl (C=O) groups is 1. The molecule has 5 heteroatoms. The minimum absolute atomic E-state index is 0.114. The van der Waals surface area contributed by atoms with Gasteiger partial charge in [-0.15, -0.1) is 0 Å². The number of carboxylic acid groups (broad SMARTS) is 1. The molecule has 0 amide bonds. The Balaban J connectivity index is 2.25. The number of aromatic carboxylic acids is 1. The van der Waals surface area contributed by atoms with Crippen LogP contribution in [-0.4, -0.2) is 27.7 Å². The number of nitrogens with zero attached hydrogens (tertiary/aromatic N) is 2. The van der Waals surface area contributed by atoms with Gasteiger partial charge in [-0.05, 0) is 12.8 Å². The maximum atomic E-state index is 10.9. The van der Waals surface area contributed by atoms with Gasteiger partial charge in [-0.25, -0.2) is 9.78 Å². The van der Waals surface area contributed by atoms with E-state index in [2.05, 4.69) is 4.98 Å². The van der Waals surface area contributed by atoms with E-state index in [9.17, 15) is 4.79 Å². The van der Waals surface area contributed by atoms with Gasteiger partial charge in [0.05, 0.1) is 0 Å². The Morgan fingerprint density at radius 2 is 2.24 bits per heavy atom. The number of aromatic nitrogens is 2. The Kier molecular flexibility index (Phi) is 3.78. The summed E-state index contributed by atoms with van der Waals surface area (Å²) in [5.41, 5.74) is 0.114. The lowest BCUT2D eigenvalue weighted by molar-refractivity contribution is 0.0690. The van der Waals surface area contributed by atoms with Gasteiger partial charge in [-0.1, -0.05) is 19.3 Å². The van der Waals surface area contributed by atoms with E-state index in [1.54, 1.807) is 13.3 Å². The molecule has 0 unspecified atom stereocenters. The number of rotatable bonds is 4. The molecule has 1 saturated carbocycles. The summed E-state index contributed by atoms with van der Waals surface area (Å²) < 4.78 is 7.07. The van der Waals surface area contributed by atoms with Gasteiger partial charge < -0.3 is 14.4 Å². The van der Waals surface area contributed by atoms with Gasteiger partial charge in [0.25, 0.3) is 0 Å². The summed E-state index contributed by atoms with van der Waals surface area (Å²) >= 11 is 0. The van der Waals surface area contributed by atoms with Crippen LogP contribution in [0.4, 0.5) is 0 Å². The maximum absolute atomic E-state index is 10.9. The van der Waals surface area contributed by atoms with Gasteiger partial charge in [0.15, 0.2) is 5.69 Å². The van der Waals surface area contributed by atoms with Crippen LogP contribution in [0.3, 0.4) is 0 Å². The van der Waals surface area contributed by atoms with Crippen LogP contribution in [0.1, 0.15) is 54.5 Å². The normalized spacial score (nSPS) is 17.2. The van der Waals surface area contributed by atoms with Crippen molar-refractivity contribution in [3.05, 3.63) is 17.7 Å². The predicted molar refractivity (Wildman–Crippen MR) is 62.0 cm³/mol. The van der Waals surface area contributed by atoms with E-state index in [4.69, 9.17) is 9.84 Å². The summed E-state index contributed by atoms with van der Waals surface area (Å²) in [5.74, 6) is -0.256. The lowest BCUT2D eigenvalue weighted by Gasteiger charge is -2.24. The van der Waals surface area contributed by atoms with Crippen molar-refractivity contribution < 1.29 is 14.6 Å². The fourth-order valence-corrected chi connectivity index (χ4v) is 2.45. The first-order chi connectivity index (χ1) is 8.22. The summed E-state index contributed by atoms with van der Waals surface area (Å²) in [6.45, 7) is 0.365. The second kappa shape index (κ2) is 5.31. The van der Waals surface area contributed by atoms with Gasteiger partial charge in [-0.3, -0.25) is 0 Å². The summed E-state index contributed by atoms with van der Waals surface area (Å²) in [7, 11) is 1.60. The Morgan fingerprint density at radius 3 is 2.82 bits per heavy atom. The average molecular weight is 238 g/mol. The predicted octanol–water partition coefficient (Wildman–Crippen LogP) is 2.23. The molecular formula is C12H18N2O3. The van der Waals surface area contributed by atoms with Gasteiger partial charge in [0.2, 0.25) is 0 Å². The average Bonchev–Trinajstić information content (AvgIpc) is 2.75. The van der Waals surface area contributed by atoms with Crippen LogP contribution in [0.2, 0.25) is 0 Å². The second-order valence-electron chi connectivity index (χ2n) is 4.48. The number of hydrogen-bond donors (Lipinski definition) is 1. The van der Waals surface area contributed by atoms with Gasteiger partial charge in [-0.2, -0.15) is 0 Å². The first-order valence-electron chi connectivity index (χ1n) is 6.02. The van der Waals surface area contributed by atoms with Crippen LogP contribution >= 0.6 is 0 Å². The van der Waals surface area contributed by atoms with E-state index in [1.165, 1.54) is 19.3 Å². The molecule has 2 rings (SSSR count). The molecule has 0 bridgehead atoms. The lowest BCUT2D eigenvalue weighted by Crippen LogP contribution is -2.15. The summed E-state index contributed by atoms with van der Waals surface area (Å²) in [6.07, 6.45) is 7.54. The van der Waals surface area contributed by atoms with E-state index in [-0.39, 0.29) is 5.69 Å². The van der Waals surface area contributed by atoms with E-state index in [0.717, 1.165) is 18.7 Å². The maximum Gasteiger partial charge on any atom is 0.356 e. The number of hydrogen-bond acceptors (Lipinski definition) is 3. The van der Waals surface area contributed by atoms with E-state index in [0.29, 0.717) is 12.6 Å². The highest BCUT2D eigenvalue weighted by atomic mass is 16.5. The van der Waals surface area contributed by atoms with E-state index in [1.807, 2.05) is 4.57 Å². The summed E-state index contributed by atoms with van der Waals surface area (Å²) in [5, 5.41) is 8.97. The largest absolute Gasteiger partial charge is 0.476 e. The molecule has 0 saturated heterocycles. The molecule has 0 aliphatic heterocycles. The topological polar surface area (TPSA) is 64.3 Å². The van der Waals surface area contributed by atoms with E-state index < -0.39 is 5.97 Å². The number of imidazole rings is 1. The summed E-state index contributed by atoms with van der Waals surface area (Å²) in [6, 6.07) is 0.384. The standard InChI is InChI=1S/C12H18N2O3/c1-17-8-11-13-10(12(15)16)7-14(11)9-5-3-2-4-6-9/h7,9H,2-6,8H2,1H3,(H,15,16). The highest BCUT2D eigenvalue weighted by molar-refractivity contribution is 5.85. The monoisotopic (exact) mass is 238 g/mol. The molecule has 0 aromatic carbocycles. The molecule has 94 valence electrons. The molecule has 1 aliphatic carbocycles. The molecule has 0 radical (unpaired) electrons. The zero-order valence-electron chi connectivity index (χ0n) is 10.1. The van der Waals surface area contributed by atoms with Gasteiger partial charge in [0, 0.05) is 19.3 Å². The highest BCUT2D eigenvalue weighted by Crippen LogP contribution is 2.29. The Bertz CT molecular complexity index is 394. The van der Waals surface area contributed by atoms with Crippen LogP contribution in [0, 0.1) is 0 Å². The quantitative estimate of drug-likeness (QED) is 0.873. The molecule has 1 aromatic heterocycles. The molecule has 1 N–H and O–H groups in total. The highest BCUT2D eigenvalue weighted by Gasteiger charge is 2.21. The Morgan fingerprint density at radius 1 is 1.53 bits per heavy atom. The molecule has 0 spiro atoms. The van der Waals surface area contributed by atoms with Crippen LogP contribution in [0.15, 0.2) is 6.20 Å². The SMILES string of the molecule is COCc1nc(C(=O)O)cn1C1CCCCC1. The molecule has 1 aromatic rings. The van der Waals surface area contributed by atoms with Gasteiger partial charge >= 0.3 is 5.97 Å². The van der Waals surface area contributed by atoms with Crippen molar-refractivity contribution in [2.24, 2.45) is 0 Å². The van der Waals surface area contributed by atoms with Crippen molar-refractivity contribution in [2.75, 3.05) is 7.11 Å².